The Morgan fingerprint density at radius 3 is 3.06 bits per heavy atom. The molecular formula is C12H19NO3. The SMILES string of the molecule is CCOC(=O)[C@@H]1/C=C/CCCN(C)C(=O)C1. The first-order valence-corrected chi connectivity index (χ1v) is 5.72. The summed E-state index contributed by atoms with van der Waals surface area (Å²) in [5.41, 5.74) is 0. The van der Waals surface area contributed by atoms with Gasteiger partial charge in [0.25, 0.3) is 0 Å². The summed E-state index contributed by atoms with van der Waals surface area (Å²) in [4.78, 5) is 25.0. The molecule has 0 aliphatic carbocycles. The van der Waals surface area contributed by atoms with Crippen molar-refractivity contribution in [3.8, 4) is 0 Å². The number of ether oxygens (including phenoxy) is 1. The van der Waals surface area contributed by atoms with E-state index in [4.69, 9.17) is 4.74 Å². The van der Waals surface area contributed by atoms with Gasteiger partial charge in [0.05, 0.1) is 12.5 Å². The van der Waals surface area contributed by atoms with E-state index in [1.165, 1.54) is 0 Å². The first kappa shape index (κ1) is 12.7. The second-order valence-electron chi connectivity index (χ2n) is 3.95. The van der Waals surface area contributed by atoms with Crippen LogP contribution in [0.3, 0.4) is 0 Å². The Morgan fingerprint density at radius 2 is 2.38 bits per heavy atom. The molecule has 1 aliphatic rings. The number of allylic oxidation sites excluding steroid dienone is 1. The van der Waals surface area contributed by atoms with Crippen LogP contribution < -0.4 is 0 Å². The summed E-state index contributed by atoms with van der Waals surface area (Å²) < 4.78 is 4.94. The molecule has 0 spiro atoms. The fraction of sp³-hybridized carbons (Fsp3) is 0.667. The van der Waals surface area contributed by atoms with Crippen LogP contribution in [0.25, 0.3) is 0 Å². The quantitative estimate of drug-likeness (QED) is 0.526. The lowest BCUT2D eigenvalue weighted by Gasteiger charge is -2.17. The molecule has 0 bridgehead atoms. The lowest BCUT2D eigenvalue weighted by atomic mass is 10.0. The van der Waals surface area contributed by atoms with Crippen molar-refractivity contribution in [1.29, 1.82) is 0 Å². The van der Waals surface area contributed by atoms with E-state index in [9.17, 15) is 9.59 Å². The van der Waals surface area contributed by atoms with Gasteiger partial charge in [-0.2, -0.15) is 0 Å². The van der Waals surface area contributed by atoms with Gasteiger partial charge in [-0.05, 0) is 19.8 Å². The molecule has 0 saturated carbocycles. The highest BCUT2D eigenvalue weighted by Gasteiger charge is 2.22. The average molecular weight is 225 g/mol. The number of carbonyl (C=O) groups excluding carboxylic acids is 2. The zero-order valence-corrected chi connectivity index (χ0v) is 9.94. The van der Waals surface area contributed by atoms with Crippen molar-refractivity contribution in [2.75, 3.05) is 20.2 Å². The molecule has 0 radical (unpaired) electrons. The molecule has 1 heterocycles. The van der Waals surface area contributed by atoms with Gasteiger partial charge in [0, 0.05) is 20.0 Å². The molecule has 1 aliphatic heterocycles. The minimum absolute atomic E-state index is 0.00426. The zero-order valence-electron chi connectivity index (χ0n) is 9.94. The summed E-state index contributed by atoms with van der Waals surface area (Å²) >= 11 is 0. The monoisotopic (exact) mass is 225 g/mol. The van der Waals surface area contributed by atoms with Gasteiger partial charge in [-0.15, -0.1) is 0 Å². The summed E-state index contributed by atoms with van der Waals surface area (Å²) in [6.45, 7) is 2.87. The molecule has 0 aromatic rings. The lowest BCUT2D eigenvalue weighted by molar-refractivity contribution is -0.149. The Hall–Kier alpha value is -1.32. The van der Waals surface area contributed by atoms with Crippen molar-refractivity contribution < 1.29 is 14.3 Å². The van der Waals surface area contributed by atoms with Gasteiger partial charge in [0.2, 0.25) is 5.91 Å². The van der Waals surface area contributed by atoms with Crippen LogP contribution in [0.5, 0.6) is 0 Å². The van der Waals surface area contributed by atoms with Crippen molar-refractivity contribution in [2.24, 2.45) is 5.92 Å². The summed E-state index contributed by atoms with van der Waals surface area (Å²) in [6, 6.07) is 0. The molecule has 0 fully saturated rings. The zero-order chi connectivity index (χ0) is 12.0. The van der Waals surface area contributed by atoms with Gasteiger partial charge in [0.15, 0.2) is 0 Å². The minimum atomic E-state index is -0.423. The van der Waals surface area contributed by atoms with E-state index in [0.29, 0.717) is 6.61 Å². The average Bonchev–Trinajstić information content (AvgIpc) is 2.33. The molecule has 0 N–H and O–H groups in total. The second kappa shape index (κ2) is 6.30. The van der Waals surface area contributed by atoms with E-state index < -0.39 is 5.92 Å². The molecule has 90 valence electrons. The highest BCUT2D eigenvalue weighted by Crippen LogP contribution is 2.13. The Labute approximate surface area is 96.3 Å². The van der Waals surface area contributed by atoms with Crippen molar-refractivity contribution in [1.82, 2.24) is 4.90 Å². The van der Waals surface area contributed by atoms with Crippen molar-refractivity contribution in [3.63, 3.8) is 0 Å². The fourth-order valence-corrected chi connectivity index (χ4v) is 1.65. The third-order valence-corrected chi connectivity index (χ3v) is 2.64. The van der Waals surface area contributed by atoms with E-state index in [2.05, 4.69) is 0 Å². The van der Waals surface area contributed by atoms with Gasteiger partial charge in [-0.25, -0.2) is 0 Å². The van der Waals surface area contributed by atoms with Crippen LogP contribution in [-0.2, 0) is 14.3 Å². The third-order valence-electron chi connectivity index (χ3n) is 2.64. The minimum Gasteiger partial charge on any atom is -0.466 e. The molecule has 0 aromatic heterocycles. The smallest absolute Gasteiger partial charge is 0.313 e. The third kappa shape index (κ3) is 3.68. The highest BCUT2D eigenvalue weighted by molar-refractivity contribution is 5.84. The van der Waals surface area contributed by atoms with E-state index in [-0.39, 0.29) is 18.3 Å². The number of rotatable bonds is 2. The number of nitrogens with zero attached hydrogens (tertiary/aromatic N) is 1. The van der Waals surface area contributed by atoms with E-state index in [1.54, 1.807) is 24.9 Å². The maximum atomic E-state index is 11.7. The van der Waals surface area contributed by atoms with Crippen molar-refractivity contribution >= 4 is 11.9 Å². The Balaban J connectivity index is 2.68. The maximum absolute atomic E-state index is 11.7. The van der Waals surface area contributed by atoms with Crippen LogP contribution in [-0.4, -0.2) is 37.0 Å². The number of carbonyl (C=O) groups is 2. The number of hydrogen-bond acceptors (Lipinski definition) is 3. The van der Waals surface area contributed by atoms with Gasteiger partial charge in [-0.1, -0.05) is 12.2 Å². The molecule has 1 amide bonds. The standard InChI is InChI=1S/C12H19NO3/c1-3-16-12(15)10-7-5-4-6-8-13(2)11(14)9-10/h5,7,10H,3-4,6,8-9H2,1-2H3/b7-5+/t10-/m1/s1. The van der Waals surface area contributed by atoms with Crippen molar-refractivity contribution in [3.05, 3.63) is 12.2 Å². The van der Waals surface area contributed by atoms with Gasteiger partial charge in [-0.3, -0.25) is 9.59 Å². The summed E-state index contributed by atoms with van der Waals surface area (Å²) in [5, 5.41) is 0. The van der Waals surface area contributed by atoms with E-state index >= 15 is 0 Å². The van der Waals surface area contributed by atoms with Crippen LogP contribution in [0.4, 0.5) is 0 Å². The van der Waals surface area contributed by atoms with E-state index in [1.807, 2.05) is 6.08 Å². The van der Waals surface area contributed by atoms with Crippen LogP contribution in [0.2, 0.25) is 0 Å². The summed E-state index contributed by atoms with van der Waals surface area (Å²) in [6.07, 6.45) is 5.82. The molecule has 0 aromatic carbocycles. The first-order chi connectivity index (χ1) is 7.65. The Bertz CT molecular complexity index is 286. The summed E-state index contributed by atoms with van der Waals surface area (Å²) in [5.74, 6) is -0.722. The maximum Gasteiger partial charge on any atom is 0.313 e. The van der Waals surface area contributed by atoms with Crippen LogP contribution in [0.1, 0.15) is 26.2 Å². The highest BCUT2D eigenvalue weighted by atomic mass is 16.5. The van der Waals surface area contributed by atoms with Gasteiger partial charge in [0.1, 0.15) is 0 Å². The van der Waals surface area contributed by atoms with Gasteiger partial charge >= 0.3 is 5.97 Å². The summed E-state index contributed by atoms with van der Waals surface area (Å²) in [7, 11) is 1.77. The van der Waals surface area contributed by atoms with Crippen molar-refractivity contribution in [2.45, 2.75) is 26.2 Å². The molecule has 1 atom stereocenters. The molecular weight excluding hydrogens is 206 g/mol. The molecule has 1 rings (SSSR count). The molecule has 4 heteroatoms. The predicted octanol–water partition coefficient (Wildman–Crippen LogP) is 1.36. The molecule has 0 saturated heterocycles. The first-order valence-electron chi connectivity index (χ1n) is 5.72. The van der Waals surface area contributed by atoms with Crippen LogP contribution in [0, 0.1) is 5.92 Å². The Morgan fingerprint density at radius 1 is 1.62 bits per heavy atom. The van der Waals surface area contributed by atoms with Crippen LogP contribution >= 0.6 is 0 Å². The fourth-order valence-electron chi connectivity index (χ4n) is 1.65. The number of amides is 1. The Kier molecular flexibility index (Phi) is 5.02. The molecule has 0 unspecified atom stereocenters. The number of hydrogen-bond donors (Lipinski definition) is 0. The number of esters is 1. The largest absolute Gasteiger partial charge is 0.466 e. The van der Waals surface area contributed by atoms with Crippen LogP contribution in [0.15, 0.2) is 12.2 Å². The predicted molar refractivity (Wildman–Crippen MR) is 60.8 cm³/mol. The molecule has 16 heavy (non-hydrogen) atoms. The second-order valence-corrected chi connectivity index (χ2v) is 3.95. The lowest BCUT2D eigenvalue weighted by Crippen LogP contribution is -2.30. The normalized spacial score (nSPS) is 24.2. The van der Waals surface area contributed by atoms with E-state index in [0.717, 1.165) is 19.4 Å². The van der Waals surface area contributed by atoms with Gasteiger partial charge < -0.3 is 9.64 Å². The topological polar surface area (TPSA) is 46.6 Å². The molecule has 4 nitrogen and oxygen atoms in total.